The number of halogens is 4. The SMILES string of the molecule is CN(CCOc1ccc(F)cc1)CC(=O)NC(=O)NCC(F)(F)F. The van der Waals surface area contributed by atoms with Crippen LogP contribution in [-0.2, 0) is 4.79 Å². The number of carbonyl (C=O) groups excluding carboxylic acids is 2. The summed E-state index contributed by atoms with van der Waals surface area (Å²) in [6.45, 7) is -1.20. The molecule has 1 aromatic carbocycles. The number of carbonyl (C=O) groups is 2. The molecule has 0 aromatic heterocycles. The quantitative estimate of drug-likeness (QED) is 0.731. The van der Waals surface area contributed by atoms with E-state index in [9.17, 15) is 27.2 Å². The molecule has 6 nitrogen and oxygen atoms in total. The molecule has 0 unspecified atom stereocenters. The number of nitrogens with one attached hydrogen (secondary N) is 2. The number of hydrogen-bond acceptors (Lipinski definition) is 4. The molecule has 0 heterocycles. The van der Waals surface area contributed by atoms with Gasteiger partial charge in [-0.1, -0.05) is 0 Å². The Morgan fingerprint density at radius 2 is 1.83 bits per heavy atom. The van der Waals surface area contributed by atoms with Gasteiger partial charge in [-0.15, -0.1) is 0 Å². The molecule has 1 rings (SSSR count). The van der Waals surface area contributed by atoms with Gasteiger partial charge >= 0.3 is 12.2 Å². The van der Waals surface area contributed by atoms with E-state index < -0.39 is 24.7 Å². The molecule has 10 heteroatoms. The van der Waals surface area contributed by atoms with E-state index in [4.69, 9.17) is 4.74 Å². The highest BCUT2D eigenvalue weighted by Gasteiger charge is 2.28. The number of benzene rings is 1. The molecule has 134 valence electrons. The van der Waals surface area contributed by atoms with Gasteiger partial charge in [0.2, 0.25) is 5.91 Å². The lowest BCUT2D eigenvalue weighted by atomic mass is 10.3. The molecule has 0 atom stereocenters. The second kappa shape index (κ2) is 9.06. The molecule has 0 aliphatic heterocycles. The van der Waals surface area contributed by atoms with E-state index in [0.29, 0.717) is 12.3 Å². The van der Waals surface area contributed by atoms with Crippen molar-refractivity contribution in [2.45, 2.75) is 6.18 Å². The third-order valence-corrected chi connectivity index (χ3v) is 2.67. The minimum atomic E-state index is -4.55. The van der Waals surface area contributed by atoms with Crippen molar-refractivity contribution in [3.63, 3.8) is 0 Å². The van der Waals surface area contributed by atoms with Crippen molar-refractivity contribution in [2.24, 2.45) is 0 Å². The number of nitrogens with zero attached hydrogens (tertiary/aromatic N) is 1. The summed E-state index contributed by atoms with van der Waals surface area (Å²) >= 11 is 0. The van der Waals surface area contributed by atoms with Crippen LogP contribution in [0, 0.1) is 5.82 Å². The summed E-state index contributed by atoms with van der Waals surface area (Å²) in [6, 6.07) is 4.17. The summed E-state index contributed by atoms with van der Waals surface area (Å²) in [5, 5.41) is 3.31. The van der Waals surface area contributed by atoms with Crippen molar-refractivity contribution in [2.75, 3.05) is 33.3 Å². The minimum Gasteiger partial charge on any atom is -0.492 e. The van der Waals surface area contributed by atoms with Gasteiger partial charge in [0.15, 0.2) is 0 Å². The molecule has 0 aliphatic carbocycles. The fourth-order valence-corrected chi connectivity index (χ4v) is 1.57. The Hall–Kier alpha value is -2.36. The smallest absolute Gasteiger partial charge is 0.405 e. The molecule has 2 N–H and O–H groups in total. The lowest BCUT2D eigenvalue weighted by Gasteiger charge is -2.16. The summed E-state index contributed by atoms with van der Waals surface area (Å²) in [7, 11) is 1.57. The predicted octanol–water partition coefficient (Wildman–Crippen LogP) is 1.52. The molecule has 0 spiro atoms. The van der Waals surface area contributed by atoms with E-state index in [2.05, 4.69) is 0 Å². The molecule has 0 bridgehead atoms. The topological polar surface area (TPSA) is 70.7 Å². The number of alkyl halides is 3. The van der Waals surface area contributed by atoms with Gasteiger partial charge in [-0.3, -0.25) is 15.0 Å². The molecular formula is C14H17F4N3O3. The van der Waals surface area contributed by atoms with Crippen LogP contribution in [0.5, 0.6) is 5.75 Å². The molecule has 0 saturated heterocycles. The van der Waals surface area contributed by atoms with E-state index in [0.717, 1.165) is 0 Å². The molecule has 0 fully saturated rings. The highest BCUT2D eigenvalue weighted by molar-refractivity contribution is 5.95. The number of urea groups is 1. The van der Waals surface area contributed by atoms with Gasteiger partial charge in [0.05, 0.1) is 6.54 Å². The van der Waals surface area contributed by atoms with Gasteiger partial charge in [-0.05, 0) is 31.3 Å². The summed E-state index contributed by atoms with van der Waals surface area (Å²) in [5.41, 5.74) is 0. The van der Waals surface area contributed by atoms with Crippen LogP contribution in [-0.4, -0.2) is 56.3 Å². The highest BCUT2D eigenvalue weighted by atomic mass is 19.4. The van der Waals surface area contributed by atoms with Crippen molar-refractivity contribution in [3.8, 4) is 5.75 Å². The highest BCUT2D eigenvalue weighted by Crippen LogP contribution is 2.12. The fourth-order valence-electron chi connectivity index (χ4n) is 1.57. The van der Waals surface area contributed by atoms with Crippen LogP contribution >= 0.6 is 0 Å². The largest absolute Gasteiger partial charge is 0.492 e. The molecular weight excluding hydrogens is 334 g/mol. The third-order valence-electron chi connectivity index (χ3n) is 2.67. The van der Waals surface area contributed by atoms with E-state index in [1.165, 1.54) is 34.5 Å². The standard InChI is InChI=1S/C14H17F4N3O3/c1-21(6-7-24-11-4-2-10(15)3-5-11)8-12(22)20-13(23)19-9-14(16,17)18/h2-5H,6-9H2,1H3,(H2,19,20,22,23). The average Bonchev–Trinajstić information content (AvgIpc) is 2.46. The van der Waals surface area contributed by atoms with Crippen LogP contribution in [0.15, 0.2) is 24.3 Å². The Kier molecular flexibility index (Phi) is 7.43. The summed E-state index contributed by atoms with van der Waals surface area (Å²) in [6.07, 6.45) is -4.55. The lowest BCUT2D eigenvalue weighted by Crippen LogP contribution is -2.46. The van der Waals surface area contributed by atoms with Gasteiger partial charge in [0.1, 0.15) is 24.7 Å². The van der Waals surface area contributed by atoms with Crippen LogP contribution in [0.25, 0.3) is 0 Å². The maximum atomic E-state index is 12.7. The predicted molar refractivity (Wildman–Crippen MR) is 77.0 cm³/mol. The van der Waals surface area contributed by atoms with Crippen LogP contribution in [0.3, 0.4) is 0 Å². The van der Waals surface area contributed by atoms with E-state index in [-0.39, 0.29) is 19.0 Å². The second-order valence-corrected chi connectivity index (χ2v) is 4.89. The van der Waals surface area contributed by atoms with Crippen molar-refractivity contribution in [3.05, 3.63) is 30.1 Å². The molecule has 3 amide bonds. The zero-order valence-electron chi connectivity index (χ0n) is 12.8. The first-order chi connectivity index (χ1) is 11.2. The summed E-state index contributed by atoms with van der Waals surface area (Å²) in [5.74, 6) is -0.681. The Morgan fingerprint density at radius 1 is 1.21 bits per heavy atom. The van der Waals surface area contributed by atoms with Crippen LogP contribution in [0.1, 0.15) is 0 Å². The van der Waals surface area contributed by atoms with Crippen LogP contribution in [0.2, 0.25) is 0 Å². The van der Waals surface area contributed by atoms with Crippen LogP contribution < -0.4 is 15.4 Å². The Balaban J connectivity index is 2.21. The van der Waals surface area contributed by atoms with Gasteiger partial charge in [-0.25, -0.2) is 9.18 Å². The number of rotatable bonds is 7. The normalized spacial score (nSPS) is 11.2. The first-order valence-electron chi connectivity index (χ1n) is 6.87. The average molecular weight is 351 g/mol. The number of imide groups is 1. The van der Waals surface area contributed by atoms with Crippen molar-refractivity contribution < 1.29 is 31.9 Å². The maximum Gasteiger partial charge on any atom is 0.405 e. The first kappa shape index (κ1) is 19.7. The number of amides is 3. The van der Waals surface area contributed by atoms with E-state index >= 15 is 0 Å². The number of hydrogen-bond donors (Lipinski definition) is 2. The maximum absolute atomic E-state index is 12.7. The lowest BCUT2D eigenvalue weighted by molar-refractivity contribution is -0.125. The second-order valence-electron chi connectivity index (χ2n) is 4.89. The van der Waals surface area contributed by atoms with Gasteiger partial charge in [-0.2, -0.15) is 13.2 Å². The molecule has 0 radical (unpaired) electrons. The van der Waals surface area contributed by atoms with E-state index in [1.54, 1.807) is 12.4 Å². The third kappa shape index (κ3) is 8.93. The van der Waals surface area contributed by atoms with Gasteiger partial charge < -0.3 is 10.1 Å². The summed E-state index contributed by atoms with van der Waals surface area (Å²) < 4.78 is 53.7. The number of likely N-dealkylation sites (N-methyl/N-ethyl adjacent to an activating group) is 1. The van der Waals surface area contributed by atoms with E-state index in [1.807, 2.05) is 0 Å². The van der Waals surface area contributed by atoms with Crippen molar-refractivity contribution in [1.29, 1.82) is 0 Å². The van der Waals surface area contributed by atoms with Gasteiger partial charge in [0, 0.05) is 6.54 Å². The zero-order valence-corrected chi connectivity index (χ0v) is 12.8. The Morgan fingerprint density at radius 3 is 2.42 bits per heavy atom. The monoisotopic (exact) mass is 351 g/mol. The Labute approximate surface area is 135 Å². The first-order valence-corrected chi connectivity index (χ1v) is 6.87. The summed E-state index contributed by atoms with van der Waals surface area (Å²) in [4.78, 5) is 24.1. The molecule has 24 heavy (non-hydrogen) atoms. The van der Waals surface area contributed by atoms with Crippen molar-refractivity contribution >= 4 is 11.9 Å². The fraction of sp³-hybridized carbons (Fsp3) is 0.429. The van der Waals surface area contributed by atoms with Crippen LogP contribution in [0.4, 0.5) is 22.4 Å². The zero-order chi connectivity index (χ0) is 18.2. The van der Waals surface area contributed by atoms with Gasteiger partial charge in [0.25, 0.3) is 0 Å². The minimum absolute atomic E-state index is 0.202. The molecule has 0 saturated carbocycles. The number of ether oxygens (including phenoxy) is 1. The molecule has 0 aliphatic rings. The van der Waals surface area contributed by atoms with Crippen molar-refractivity contribution in [1.82, 2.24) is 15.5 Å². The Bertz CT molecular complexity index is 549. The molecule has 1 aromatic rings.